The molecule has 1 N–H and O–H groups in total. The number of hydrogen-bond acceptors (Lipinski definition) is 5. The number of thiazole rings is 1. The number of hydrogen-bond donors (Lipinski definition) is 1. The summed E-state index contributed by atoms with van der Waals surface area (Å²) in [6.45, 7) is 6.30. The van der Waals surface area contributed by atoms with Crippen LogP contribution in [0.25, 0.3) is 0 Å². The van der Waals surface area contributed by atoms with Gasteiger partial charge in [-0.3, -0.25) is 9.59 Å². The highest BCUT2D eigenvalue weighted by Gasteiger charge is 2.10. The molecule has 0 saturated heterocycles. The molecule has 2 aromatic rings. The highest BCUT2D eigenvalue weighted by molar-refractivity contribution is 7.09. The van der Waals surface area contributed by atoms with Crippen LogP contribution in [0.2, 0.25) is 0 Å². The summed E-state index contributed by atoms with van der Waals surface area (Å²) in [5.41, 5.74) is 0.844. The van der Waals surface area contributed by atoms with Crippen LogP contribution in [0, 0.1) is 6.92 Å². The van der Waals surface area contributed by atoms with Gasteiger partial charge in [-0.15, -0.1) is 11.3 Å². The van der Waals surface area contributed by atoms with Crippen molar-refractivity contribution in [2.75, 3.05) is 6.54 Å². The SMILES string of the molecule is Cc1cc(=O)cc(C(=O)NCCc2nc(C(C)C)cs2)o1. The van der Waals surface area contributed by atoms with Gasteiger partial charge in [0.05, 0.1) is 10.7 Å². The van der Waals surface area contributed by atoms with E-state index in [4.69, 9.17) is 4.42 Å². The summed E-state index contributed by atoms with van der Waals surface area (Å²) in [5, 5.41) is 5.77. The van der Waals surface area contributed by atoms with E-state index in [1.165, 1.54) is 12.1 Å². The normalized spacial score (nSPS) is 10.9. The molecular formula is C15H18N2O3S. The Morgan fingerprint density at radius 2 is 2.19 bits per heavy atom. The third-order valence-electron chi connectivity index (χ3n) is 2.90. The summed E-state index contributed by atoms with van der Waals surface area (Å²) in [6.07, 6.45) is 0.666. The summed E-state index contributed by atoms with van der Waals surface area (Å²) in [7, 11) is 0. The van der Waals surface area contributed by atoms with Crippen LogP contribution in [0.4, 0.5) is 0 Å². The predicted octanol–water partition coefficient (Wildman–Crippen LogP) is 2.50. The van der Waals surface area contributed by atoms with Gasteiger partial charge in [0, 0.05) is 30.5 Å². The monoisotopic (exact) mass is 306 g/mol. The maximum atomic E-state index is 11.9. The lowest BCUT2D eigenvalue weighted by Crippen LogP contribution is -2.26. The molecule has 5 nitrogen and oxygen atoms in total. The fourth-order valence-corrected chi connectivity index (χ4v) is 2.75. The van der Waals surface area contributed by atoms with Gasteiger partial charge in [-0.25, -0.2) is 4.98 Å². The third-order valence-corrected chi connectivity index (χ3v) is 3.83. The van der Waals surface area contributed by atoms with Gasteiger partial charge in [0.1, 0.15) is 5.76 Å². The molecule has 0 atom stereocenters. The largest absolute Gasteiger partial charge is 0.456 e. The third kappa shape index (κ3) is 4.26. The van der Waals surface area contributed by atoms with Crippen molar-refractivity contribution in [3.05, 3.63) is 50.0 Å². The van der Waals surface area contributed by atoms with E-state index in [0.29, 0.717) is 24.6 Å². The molecule has 112 valence electrons. The average molecular weight is 306 g/mol. The molecule has 0 bridgehead atoms. The van der Waals surface area contributed by atoms with Crippen LogP contribution < -0.4 is 10.7 Å². The molecular weight excluding hydrogens is 288 g/mol. The molecule has 0 saturated carbocycles. The first-order valence-electron chi connectivity index (χ1n) is 6.80. The summed E-state index contributed by atoms with van der Waals surface area (Å²) < 4.78 is 5.23. The molecule has 2 aromatic heterocycles. The van der Waals surface area contributed by atoms with Gasteiger partial charge in [-0.05, 0) is 12.8 Å². The second-order valence-electron chi connectivity index (χ2n) is 5.09. The molecule has 6 heteroatoms. The molecule has 0 unspecified atom stereocenters. The van der Waals surface area contributed by atoms with E-state index in [1.54, 1.807) is 18.3 Å². The quantitative estimate of drug-likeness (QED) is 0.921. The van der Waals surface area contributed by atoms with Gasteiger partial charge in [0.25, 0.3) is 5.91 Å². The molecule has 0 aliphatic heterocycles. The van der Waals surface area contributed by atoms with Crippen molar-refractivity contribution in [3.8, 4) is 0 Å². The number of aromatic nitrogens is 1. The zero-order chi connectivity index (χ0) is 15.4. The maximum absolute atomic E-state index is 11.9. The van der Waals surface area contributed by atoms with Crippen molar-refractivity contribution in [1.29, 1.82) is 0 Å². The summed E-state index contributed by atoms with van der Waals surface area (Å²) in [6, 6.07) is 2.54. The van der Waals surface area contributed by atoms with E-state index in [-0.39, 0.29) is 17.1 Å². The van der Waals surface area contributed by atoms with Gasteiger partial charge in [-0.1, -0.05) is 13.8 Å². The van der Waals surface area contributed by atoms with Crippen LogP contribution >= 0.6 is 11.3 Å². The molecule has 0 aromatic carbocycles. The predicted molar refractivity (Wildman–Crippen MR) is 82.0 cm³/mol. The molecule has 0 fully saturated rings. The van der Waals surface area contributed by atoms with Crippen molar-refractivity contribution >= 4 is 17.2 Å². The Labute approximate surface area is 127 Å². The highest BCUT2D eigenvalue weighted by Crippen LogP contribution is 2.17. The van der Waals surface area contributed by atoms with Crippen LogP contribution in [0.5, 0.6) is 0 Å². The van der Waals surface area contributed by atoms with Crippen molar-refractivity contribution in [3.63, 3.8) is 0 Å². The molecule has 1 amide bonds. The van der Waals surface area contributed by atoms with Gasteiger partial charge < -0.3 is 9.73 Å². The van der Waals surface area contributed by atoms with E-state index >= 15 is 0 Å². The van der Waals surface area contributed by atoms with Crippen LogP contribution in [-0.2, 0) is 6.42 Å². The van der Waals surface area contributed by atoms with Crippen molar-refractivity contribution in [1.82, 2.24) is 10.3 Å². The molecule has 2 heterocycles. The van der Waals surface area contributed by atoms with Gasteiger partial charge in [0.2, 0.25) is 0 Å². The minimum atomic E-state index is -0.378. The maximum Gasteiger partial charge on any atom is 0.287 e. The van der Waals surface area contributed by atoms with E-state index in [1.807, 2.05) is 5.38 Å². The van der Waals surface area contributed by atoms with E-state index in [9.17, 15) is 9.59 Å². The highest BCUT2D eigenvalue weighted by atomic mass is 32.1. The Kier molecular flexibility index (Phi) is 4.90. The minimum Gasteiger partial charge on any atom is -0.456 e. The van der Waals surface area contributed by atoms with Crippen molar-refractivity contribution in [2.24, 2.45) is 0 Å². The Balaban J connectivity index is 1.90. The number of carbonyl (C=O) groups excluding carboxylic acids is 1. The Morgan fingerprint density at radius 1 is 1.43 bits per heavy atom. The number of amides is 1. The molecule has 2 rings (SSSR count). The molecule has 21 heavy (non-hydrogen) atoms. The van der Waals surface area contributed by atoms with E-state index < -0.39 is 0 Å². The van der Waals surface area contributed by atoms with Gasteiger partial charge in [0.15, 0.2) is 11.2 Å². The lowest BCUT2D eigenvalue weighted by atomic mass is 10.2. The molecule has 0 aliphatic carbocycles. The van der Waals surface area contributed by atoms with E-state index in [0.717, 1.165) is 10.7 Å². The molecule has 0 radical (unpaired) electrons. The smallest absolute Gasteiger partial charge is 0.287 e. The van der Waals surface area contributed by atoms with Crippen LogP contribution in [0.15, 0.2) is 26.7 Å². The Hall–Kier alpha value is -1.95. The zero-order valence-corrected chi connectivity index (χ0v) is 13.1. The number of carbonyl (C=O) groups is 1. The molecule has 0 aliphatic rings. The number of aryl methyl sites for hydroxylation is 1. The van der Waals surface area contributed by atoms with Crippen molar-refractivity contribution in [2.45, 2.75) is 33.1 Å². The fourth-order valence-electron chi connectivity index (χ4n) is 1.79. The Bertz CT molecular complexity index is 688. The van der Waals surface area contributed by atoms with Crippen LogP contribution in [0.3, 0.4) is 0 Å². The lowest BCUT2D eigenvalue weighted by molar-refractivity contribution is 0.0922. The van der Waals surface area contributed by atoms with Gasteiger partial charge >= 0.3 is 0 Å². The lowest BCUT2D eigenvalue weighted by Gasteiger charge is -2.03. The van der Waals surface area contributed by atoms with Crippen LogP contribution in [0.1, 0.15) is 46.8 Å². The van der Waals surface area contributed by atoms with Gasteiger partial charge in [-0.2, -0.15) is 0 Å². The second-order valence-corrected chi connectivity index (χ2v) is 6.04. The van der Waals surface area contributed by atoms with E-state index in [2.05, 4.69) is 24.1 Å². The number of rotatable bonds is 5. The molecule has 0 spiro atoms. The summed E-state index contributed by atoms with van der Waals surface area (Å²) in [5.74, 6) is 0.499. The van der Waals surface area contributed by atoms with Crippen molar-refractivity contribution < 1.29 is 9.21 Å². The standard InChI is InChI=1S/C15H18N2O3S/c1-9(2)12-8-21-14(17-12)4-5-16-15(19)13-7-11(18)6-10(3)20-13/h6-9H,4-5H2,1-3H3,(H,16,19). The first-order valence-corrected chi connectivity index (χ1v) is 7.68. The zero-order valence-electron chi connectivity index (χ0n) is 12.3. The average Bonchev–Trinajstić information content (AvgIpc) is 2.86. The summed E-state index contributed by atoms with van der Waals surface area (Å²) in [4.78, 5) is 27.7. The number of nitrogens with one attached hydrogen (secondary N) is 1. The second kappa shape index (κ2) is 6.67. The first-order chi connectivity index (χ1) is 9.95. The van der Waals surface area contributed by atoms with Crippen LogP contribution in [-0.4, -0.2) is 17.4 Å². The minimum absolute atomic E-state index is 0.0435. The summed E-state index contributed by atoms with van der Waals surface area (Å²) >= 11 is 1.59. The topological polar surface area (TPSA) is 72.2 Å². The fraction of sp³-hybridized carbons (Fsp3) is 0.400. The first kappa shape index (κ1) is 15.4. The Morgan fingerprint density at radius 3 is 2.81 bits per heavy atom. The number of nitrogens with zero attached hydrogens (tertiary/aromatic N) is 1.